The second-order valence-electron chi connectivity index (χ2n) is 5.66. The molecule has 2 heteroatoms. The highest BCUT2D eigenvalue weighted by molar-refractivity contribution is 4.96. The molecule has 0 radical (unpaired) electrons. The highest BCUT2D eigenvalue weighted by atomic mass is 15.2. The van der Waals surface area contributed by atoms with E-state index < -0.39 is 0 Å². The second-order valence-corrected chi connectivity index (χ2v) is 5.66. The molecule has 0 aromatic carbocycles. The Kier molecular flexibility index (Phi) is 4.23. The summed E-state index contributed by atoms with van der Waals surface area (Å²) in [5, 5.41) is 9.24. The van der Waals surface area contributed by atoms with Crippen LogP contribution < -0.4 is 0 Å². The molecule has 0 spiro atoms. The largest absolute Gasteiger partial charge is 0.299 e. The van der Waals surface area contributed by atoms with Gasteiger partial charge in [0.1, 0.15) is 0 Å². The predicted molar refractivity (Wildman–Crippen MR) is 65.9 cm³/mol. The minimum atomic E-state index is 0.308. The second kappa shape index (κ2) is 5.68. The van der Waals surface area contributed by atoms with Gasteiger partial charge in [0.05, 0.1) is 12.0 Å². The molecular weight excluding hydrogens is 196 g/mol. The molecule has 0 bridgehead atoms. The maximum absolute atomic E-state index is 9.24. The summed E-state index contributed by atoms with van der Waals surface area (Å²) in [6.45, 7) is 4.82. The van der Waals surface area contributed by atoms with Crippen molar-refractivity contribution in [3.05, 3.63) is 0 Å². The molecule has 1 aliphatic carbocycles. The maximum atomic E-state index is 9.24. The number of hydrogen-bond donors (Lipinski definition) is 0. The summed E-state index contributed by atoms with van der Waals surface area (Å²) in [6, 6.07) is 3.11. The van der Waals surface area contributed by atoms with Crippen LogP contribution in [0.2, 0.25) is 0 Å². The van der Waals surface area contributed by atoms with Crippen LogP contribution in [-0.2, 0) is 0 Å². The molecule has 1 saturated heterocycles. The highest BCUT2D eigenvalue weighted by Crippen LogP contribution is 2.30. The van der Waals surface area contributed by atoms with Crippen LogP contribution in [0.3, 0.4) is 0 Å². The number of hydrogen-bond acceptors (Lipinski definition) is 2. The van der Waals surface area contributed by atoms with Crippen LogP contribution in [0.15, 0.2) is 0 Å². The van der Waals surface area contributed by atoms with E-state index in [9.17, 15) is 5.26 Å². The molecule has 0 aromatic heterocycles. The van der Waals surface area contributed by atoms with E-state index in [4.69, 9.17) is 0 Å². The Morgan fingerprint density at radius 1 is 1.00 bits per heavy atom. The van der Waals surface area contributed by atoms with E-state index >= 15 is 0 Å². The average Bonchev–Trinajstić information content (AvgIpc) is 2.54. The predicted octanol–water partition coefficient (Wildman–Crippen LogP) is 3.19. The third kappa shape index (κ3) is 2.77. The van der Waals surface area contributed by atoms with Gasteiger partial charge in [-0.3, -0.25) is 4.90 Å². The average molecular weight is 220 g/mol. The monoisotopic (exact) mass is 220 g/mol. The lowest BCUT2D eigenvalue weighted by molar-refractivity contribution is 0.130. The molecule has 0 amide bonds. The fourth-order valence-corrected chi connectivity index (χ4v) is 3.32. The van der Waals surface area contributed by atoms with Crippen LogP contribution in [-0.4, -0.2) is 24.0 Å². The van der Waals surface area contributed by atoms with Crippen LogP contribution in [0.5, 0.6) is 0 Å². The first-order chi connectivity index (χ1) is 7.81. The van der Waals surface area contributed by atoms with Gasteiger partial charge in [-0.15, -0.1) is 0 Å². The van der Waals surface area contributed by atoms with Gasteiger partial charge in [0.15, 0.2) is 0 Å². The normalized spacial score (nSPS) is 37.6. The van der Waals surface area contributed by atoms with Gasteiger partial charge in [0, 0.05) is 6.04 Å². The number of rotatable bonds is 1. The summed E-state index contributed by atoms with van der Waals surface area (Å²) in [6.07, 6.45) is 9.01. The summed E-state index contributed by atoms with van der Waals surface area (Å²) in [5.74, 6) is 1.19. The van der Waals surface area contributed by atoms with E-state index in [2.05, 4.69) is 17.9 Å². The Hall–Kier alpha value is -0.550. The van der Waals surface area contributed by atoms with Crippen molar-refractivity contribution < 1.29 is 0 Å². The minimum Gasteiger partial charge on any atom is -0.299 e. The zero-order valence-corrected chi connectivity index (χ0v) is 10.5. The van der Waals surface area contributed by atoms with Gasteiger partial charge in [0.2, 0.25) is 0 Å². The van der Waals surface area contributed by atoms with Crippen LogP contribution in [0, 0.1) is 23.2 Å². The molecule has 2 fully saturated rings. The zero-order valence-electron chi connectivity index (χ0n) is 10.5. The lowest BCUT2D eigenvalue weighted by Gasteiger charge is -2.36. The molecule has 0 aromatic rings. The SMILES string of the molecule is CC1CCCN(C2CCCCC2C#N)CC1. The Labute approximate surface area is 99.6 Å². The first-order valence-corrected chi connectivity index (χ1v) is 6.95. The van der Waals surface area contributed by atoms with Gasteiger partial charge in [-0.05, 0) is 51.1 Å². The summed E-state index contributed by atoms with van der Waals surface area (Å²) in [7, 11) is 0. The Bertz CT molecular complexity index is 256. The van der Waals surface area contributed by atoms with Gasteiger partial charge < -0.3 is 0 Å². The molecule has 2 nitrogen and oxygen atoms in total. The van der Waals surface area contributed by atoms with Gasteiger partial charge in [-0.2, -0.15) is 5.26 Å². The van der Waals surface area contributed by atoms with Crippen molar-refractivity contribution >= 4 is 0 Å². The first-order valence-electron chi connectivity index (χ1n) is 6.95. The summed E-state index contributed by atoms with van der Waals surface area (Å²) >= 11 is 0. The smallest absolute Gasteiger partial charge is 0.0672 e. The van der Waals surface area contributed by atoms with Crippen molar-refractivity contribution in [2.24, 2.45) is 11.8 Å². The Balaban J connectivity index is 1.96. The molecule has 2 rings (SSSR count). The van der Waals surface area contributed by atoms with Crippen LogP contribution in [0.25, 0.3) is 0 Å². The van der Waals surface area contributed by atoms with Gasteiger partial charge in [0.25, 0.3) is 0 Å². The lowest BCUT2D eigenvalue weighted by atomic mass is 9.84. The third-order valence-corrected chi connectivity index (χ3v) is 4.42. The van der Waals surface area contributed by atoms with Gasteiger partial charge in [-0.1, -0.05) is 19.8 Å². The van der Waals surface area contributed by atoms with Gasteiger partial charge >= 0.3 is 0 Å². The molecule has 3 unspecified atom stereocenters. The minimum absolute atomic E-state index is 0.308. The molecule has 1 heterocycles. The summed E-state index contributed by atoms with van der Waals surface area (Å²) in [5.41, 5.74) is 0. The van der Waals surface area contributed by atoms with E-state index in [0.717, 1.165) is 12.3 Å². The lowest BCUT2D eigenvalue weighted by Crippen LogP contribution is -2.42. The van der Waals surface area contributed by atoms with E-state index in [1.807, 2.05) is 0 Å². The molecule has 90 valence electrons. The van der Waals surface area contributed by atoms with Crippen molar-refractivity contribution in [2.75, 3.05) is 13.1 Å². The number of nitrogens with zero attached hydrogens (tertiary/aromatic N) is 2. The molecular formula is C14H24N2. The van der Waals surface area contributed by atoms with E-state index in [1.54, 1.807) is 0 Å². The molecule has 1 saturated carbocycles. The molecule has 1 aliphatic heterocycles. The van der Waals surface area contributed by atoms with E-state index in [1.165, 1.54) is 51.6 Å². The molecule has 16 heavy (non-hydrogen) atoms. The molecule has 3 atom stereocenters. The third-order valence-electron chi connectivity index (χ3n) is 4.42. The number of likely N-dealkylation sites (tertiary alicyclic amines) is 1. The molecule has 0 N–H and O–H groups in total. The fourth-order valence-electron chi connectivity index (χ4n) is 3.32. The van der Waals surface area contributed by atoms with Crippen molar-refractivity contribution in [1.82, 2.24) is 4.90 Å². The maximum Gasteiger partial charge on any atom is 0.0672 e. The van der Waals surface area contributed by atoms with Crippen molar-refractivity contribution in [3.8, 4) is 6.07 Å². The number of nitriles is 1. The van der Waals surface area contributed by atoms with Crippen molar-refractivity contribution in [2.45, 2.75) is 57.9 Å². The topological polar surface area (TPSA) is 27.0 Å². The van der Waals surface area contributed by atoms with Gasteiger partial charge in [-0.25, -0.2) is 0 Å². The Morgan fingerprint density at radius 2 is 1.81 bits per heavy atom. The van der Waals surface area contributed by atoms with Crippen LogP contribution in [0.4, 0.5) is 0 Å². The highest BCUT2D eigenvalue weighted by Gasteiger charge is 2.30. The standard InChI is InChI=1S/C14H24N2/c1-12-5-4-9-16(10-8-12)14-7-3-2-6-13(14)11-15/h12-14H,2-10H2,1H3. The van der Waals surface area contributed by atoms with Crippen molar-refractivity contribution in [3.63, 3.8) is 0 Å². The quantitative estimate of drug-likeness (QED) is 0.678. The van der Waals surface area contributed by atoms with Crippen LogP contribution in [0.1, 0.15) is 51.9 Å². The zero-order chi connectivity index (χ0) is 11.4. The van der Waals surface area contributed by atoms with Crippen molar-refractivity contribution in [1.29, 1.82) is 5.26 Å². The van der Waals surface area contributed by atoms with E-state index in [0.29, 0.717) is 12.0 Å². The fraction of sp³-hybridized carbons (Fsp3) is 0.929. The first kappa shape index (κ1) is 11.9. The molecule has 2 aliphatic rings. The summed E-state index contributed by atoms with van der Waals surface area (Å²) < 4.78 is 0. The van der Waals surface area contributed by atoms with Crippen LogP contribution >= 0.6 is 0 Å². The summed E-state index contributed by atoms with van der Waals surface area (Å²) in [4.78, 5) is 2.62. The Morgan fingerprint density at radius 3 is 2.62 bits per heavy atom. The van der Waals surface area contributed by atoms with E-state index in [-0.39, 0.29) is 0 Å².